The molecule has 0 N–H and O–H groups in total. The summed E-state index contributed by atoms with van der Waals surface area (Å²) in [5.41, 5.74) is 1.16. The molecule has 8 heteroatoms. The highest BCUT2D eigenvalue weighted by Gasteiger charge is 2.43. The van der Waals surface area contributed by atoms with Gasteiger partial charge in [-0.05, 0) is 42.5 Å². The Labute approximate surface area is 190 Å². The van der Waals surface area contributed by atoms with E-state index in [-0.39, 0.29) is 5.78 Å². The van der Waals surface area contributed by atoms with Gasteiger partial charge in [0.2, 0.25) is 11.8 Å². The van der Waals surface area contributed by atoms with Gasteiger partial charge in [0.1, 0.15) is 11.4 Å². The molecule has 2 aromatic carbocycles. The zero-order valence-corrected chi connectivity index (χ0v) is 19.3. The number of aromatic nitrogens is 2. The Morgan fingerprint density at radius 2 is 1.73 bits per heavy atom. The summed E-state index contributed by atoms with van der Waals surface area (Å²) in [7, 11) is 0. The number of fused-ring (bicyclic) bond motifs is 1. The Balaban J connectivity index is 1.24. The lowest BCUT2D eigenvalue weighted by Gasteiger charge is -2.43. The minimum atomic E-state index is -0.418. The number of carbonyl (C=O) groups is 1. The fourth-order valence-corrected chi connectivity index (χ4v) is 4.69. The van der Waals surface area contributed by atoms with Gasteiger partial charge in [-0.1, -0.05) is 31.9 Å². The molecule has 1 fully saturated rings. The first kappa shape index (κ1) is 19.9. The van der Waals surface area contributed by atoms with Crippen molar-refractivity contribution in [3.63, 3.8) is 0 Å². The van der Waals surface area contributed by atoms with Crippen LogP contribution in [-0.2, 0) is 6.54 Å². The summed E-state index contributed by atoms with van der Waals surface area (Å²) in [6.45, 7) is 2.22. The number of rotatable bonds is 3. The number of halogens is 2. The van der Waals surface area contributed by atoms with Crippen molar-refractivity contribution >= 4 is 37.6 Å². The van der Waals surface area contributed by atoms with Crippen LogP contribution in [0.25, 0.3) is 11.5 Å². The Kier molecular flexibility index (Phi) is 5.24. The number of hydrogen-bond donors (Lipinski definition) is 0. The van der Waals surface area contributed by atoms with Gasteiger partial charge < -0.3 is 9.15 Å². The van der Waals surface area contributed by atoms with Crippen LogP contribution in [0, 0.1) is 0 Å². The molecule has 0 unspecified atom stereocenters. The van der Waals surface area contributed by atoms with Gasteiger partial charge in [0, 0.05) is 40.4 Å². The third-order valence-corrected chi connectivity index (χ3v) is 6.76. The Hall–Kier alpha value is -2.03. The van der Waals surface area contributed by atoms with E-state index < -0.39 is 5.60 Å². The van der Waals surface area contributed by atoms with E-state index in [0.29, 0.717) is 36.1 Å². The number of nitrogens with zero attached hydrogens (tertiary/aromatic N) is 3. The normalized spacial score (nSPS) is 18.3. The number of ketones is 1. The van der Waals surface area contributed by atoms with Crippen molar-refractivity contribution in [3.05, 3.63) is 62.9 Å². The lowest BCUT2D eigenvalue weighted by atomic mass is 9.82. The van der Waals surface area contributed by atoms with Crippen LogP contribution in [0.3, 0.4) is 0 Å². The van der Waals surface area contributed by atoms with Crippen molar-refractivity contribution < 1.29 is 13.9 Å². The molecule has 3 aromatic rings. The number of hydrogen-bond acceptors (Lipinski definition) is 6. The van der Waals surface area contributed by atoms with E-state index in [1.807, 2.05) is 42.5 Å². The van der Waals surface area contributed by atoms with Crippen molar-refractivity contribution in [1.29, 1.82) is 0 Å². The Morgan fingerprint density at radius 1 is 1.00 bits per heavy atom. The molecule has 2 aliphatic rings. The summed E-state index contributed by atoms with van der Waals surface area (Å²) < 4.78 is 14.1. The summed E-state index contributed by atoms with van der Waals surface area (Å²) >= 11 is 6.90. The Bertz CT molecular complexity index is 1090. The average molecular weight is 533 g/mol. The second kappa shape index (κ2) is 7.90. The number of ether oxygens (including phenoxy) is 1. The van der Waals surface area contributed by atoms with E-state index in [0.717, 1.165) is 40.4 Å². The molecule has 3 heterocycles. The van der Waals surface area contributed by atoms with Crippen molar-refractivity contribution in [1.82, 2.24) is 15.1 Å². The van der Waals surface area contributed by atoms with E-state index in [1.54, 1.807) is 0 Å². The third-order valence-electron chi connectivity index (χ3n) is 5.74. The standard InChI is InChI=1S/C22H19Br2N3O3/c23-15-3-1-14(2-4-15)21-26-25-20(29-21)13-27-9-7-22(8-10-27)12-18(28)17-6-5-16(24)11-19(17)30-22/h1-6,11H,7-10,12-13H2. The number of likely N-dealkylation sites (tertiary alicyclic amines) is 1. The van der Waals surface area contributed by atoms with E-state index in [9.17, 15) is 4.79 Å². The predicted octanol–water partition coefficient (Wildman–Crippen LogP) is 5.26. The van der Waals surface area contributed by atoms with E-state index >= 15 is 0 Å². The molecule has 0 atom stereocenters. The zero-order chi connectivity index (χ0) is 20.7. The van der Waals surface area contributed by atoms with E-state index in [2.05, 4.69) is 47.0 Å². The van der Waals surface area contributed by atoms with Gasteiger partial charge in [-0.15, -0.1) is 10.2 Å². The van der Waals surface area contributed by atoms with Gasteiger partial charge >= 0.3 is 0 Å². The molecular formula is C22H19Br2N3O3. The van der Waals surface area contributed by atoms with Crippen molar-refractivity contribution in [2.45, 2.75) is 31.4 Å². The molecule has 1 saturated heterocycles. The summed E-state index contributed by atoms with van der Waals surface area (Å²) in [5, 5.41) is 8.38. The van der Waals surface area contributed by atoms with Crippen LogP contribution in [0.2, 0.25) is 0 Å². The van der Waals surface area contributed by atoms with Crippen LogP contribution >= 0.6 is 31.9 Å². The summed E-state index contributed by atoms with van der Waals surface area (Å²) in [6, 6.07) is 13.4. The first-order valence-corrected chi connectivity index (χ1v) is 11.4. The third kappa shape index (κ3) is 3.96. The molecule has 6 nitrogen and oxygen atoms in total. The second-order valence-corrected chi connectivity index (χ2v) is 9.64. The second-order valence-electron chi connectivity index (χ2n) is 7.81. The zero-order valence-electron chi connectivity index (χ0n) is 16.1. The van der Waals surface area contributed by atoms with Crippen LogP contribution in [0.4, 0.5) is 0 Å². The van der Waals surface area contributed by atoms with E-state index in [4.69, 9.17) is 9.15 Å². The molecule has 2 aliphatic heterocycles. The summed E-state index contributed by atoms with van der Waals surface area (Å²) in [4.78, 5) is 14.9. The quantitative estimate of drug-likeness (QED) is 0.458. The summed E-state index contributed by atoms with van der Waals surface area (Å²) in [5.74, 6) is 1.96. The fraction of sp³-hybridized carbons (Fsp3) is 0.318. The molecule has 0 saturated carbocycles. The first-order chi connectivity index (χ1) is 14.5. The molecule has 5 rings (SSSR count). The summed E-state index contributed by atoms with van der Waals surface area (Å²) in [6.07, 6.45) is 2.01. The maximum Gasteiger partial charge on any atom is 0.247 e. The minimum Gasteiger partial charge on any atom is -0.486 e. The molecule has 1 spiro atoms. The smallest absolute Gasteiger partial charge is 0.247 e. The highest BCUT2D eigenvalue weighted by molar-refractivity contribution is 9.10. The molecule has 1 aromatic heterocycles. The van der Waals surface area contributed by atoms with Gasteiger partial charge in [0.05, 0.1) is 18.5 Å². The fourth-order valence-electron chi connectivity index (χ4n) is 4.08. The number of carbonyl (C=O) groups excluding carboxylic acids is 1. The molecular weight excluding hydrogens is 514 g/mol. The number of Topliss-reactive ketones (excluding diaryl/α,β-unsaturated/α-hetero) is 1. The molecule has 154 valence electrons. The minimum absolute atomic E-state index is 0.160. The largest absolute Gasteiger partial charge is 0.486 e. The highest BCUT2D eigenvalue weighted by Crippen LogP contribution is 2.40. The topological polar surface area (TPSA) is 68.5 Å². The molecule has 0 amide bonds. The first-order valence-electron chi connectivity index (χ1n) is 9.82. The highest BCUT2D eigenvalue weighted by atomic mass is 79.9. The van der Waals surface area contributed by atoms with Crippen LogP contribution in [0.5, 0.6) is 5.75 Å². The number of benzene rings is 2. The van der Waals surface area contributed by atoms with Gasteiger partial charge in [-0.3, -0.25) is 9.69 Å². The SMILES string of the molecule is O=C1CC2(CCN(Cc3nnc(-c4ccc(Br)cc4)o3)CC2)Oc2cc(Br)ccc21. The molecule has 0 radical (unpaired) electrons. The van der Waals surface area contributed by atoms with Gasteiger partial charge in [0.25, 0.3) is 0 Å². The van der Waals surface area contributed by atoms with Crippen molar-refractivity contribution in [3.8, 4) is 17.2 Å². The maximum atomic E-state index is 12.7. The lowest BCUT2D eigenvalue weighted by molar-refractivity contribution is -0.0123. The molecule has 0 aliphatic carbocycles. The number of piperidine rings is 1. The van der Waals surface area contributed by atoms with Gasteiger partial charge in [-0.2, -0.15) is 0 Å². The Morgan fingerprint density at radius 3 is 2.50 bits per heavy atom. The van der Waals surface area contributed by atoms with E-state index in [1.165, 1.54) is 0 Å². The monoisotopic (exact) mass is 531 g/mol. The van der Waals surface area contributed by atoms with Crippen molar-refractivity contribution in [2.75, 3.05) is 13.1 Å². The van der Waals surface area contributed by atoms with Gasteiger partial charge in [-0.25, -0.2) is 0 Å². The van der Waals surface area contributed by atoms with Crippen LogP contribution in [0.1, 0.15) is 35.5 Å². The van der Waals surface area contributed by atoms with Gasteiger partial charge in [0.15, 0.2) is 5.78 Å². The molecule has 0 bridgehead atoms. The lowest BCUT2D eigenvalue weighted by Crippen LogP contribution is -2.50. The van der Waals surface area contributed by atoms with Crippen LogP contribution in [-0.4, -0.2) is 39.6 Å². The average Bonchev–Trinajstić information content (AvgIpc) is 3.18. The predicted molar refractivity (Wildman–Crippen MR) is 118 cm³/mol. The molecule has 30 heavy (non-hydrogen) atoms. The van der Waals surface area contributed by atoms with Crippen molar-refractivity contribution in [2.24, 2.45) is 0 Å². The maximum absolute atomic E-state index is 12.7. The van der Waals surface area contributed by atoms with Crippen LogP contribution in [0.15, 0.2) is 55.8 Å². The van der Waals surface area contributed by atoms with Crippen LogP contribution < -0.4 is 4.74 Å².